The number of hydrogen-bond acceptors (Lipinski definition) is 4. The Morgan fingerprint density at radius 1 is 1.21 bits per heavy atom. The minimum absolute atomic E-state index is 0.129. The number of benzene rings is 1. The number of morpholine rings is 1. The second-order valence-corrected chi connectivity index (χ2v) is 6.70. The molecule has 0 saturated carbocycles. The molecule has 1 aliphatic heterocycles. The van der Waals surface area contributed by atoms with Crippen molar-refractivity contribution in [3.63, 3.8) is 0 Å². The lowest BCUT2D eigenvalue weighted by Crippen LogP contribution is -2.49. The number of halogens is 3. The van der Waals surface area contributed by atoms with E-state index in [1.807, 2.05) is 13.8 Å². The third-order valence-corrected chi connectivity index (χ3v) is 3.98. The molecule has 0 aliphatic carbocycles. The lowest BCUT2D eigenvalue weighted by atomic mass is 10.1. The largest absolute Gasteiger partial charge is 0.390 e. The highest BCUT2D eigenvalue weighted by Crippen LogP contribution is 2.15. The van der Waals surface area contributed by atoms with E-state index in [-0.39, 0.29) is 18.8 Å². The SMILES string of the molecule is CC1CN(CC(O)CN(C)Cc2cc(F)c(F)c(F)c2)CC(C)O1. The summed E-state index contributed by atoms with van der Waals surface area (Å²) in [6.07, 6.45) is -0.338. The molecule has 4 nitrogen and oxygen atoms in total. The van der Waals surface area contributed by atoms with E-state index in [9.17, 15) is 18.3 Å². The first-order valence-corrected chi connectivity index (χ1v) is 8.12. The van der Waals surface area contributed by atoms with E-state index in [4.69, 9.17) is 4.74 Å². The summed E-state index contributed by atoms with van der Waals surface area (Å²) < 4.78 is 45.1. The first-order chi connectivity index (χ1) is 11.2. The van der Waals surface area contributed by atoms with E-state index in [1.165, 1.54) is 0 Å². The molecule has 136 valence electrons. The molecular formula is C17H25F3N2O2. The smallest absolute Gasteiger partial charge is 0.194 e. The van der Waals surface area contributed by atoms with Crippen LogP contribution < -0.4 is 0 Å². The Morgan fingerprint density at radius 2 is 1.75 bits per heavy atom. The first-order valence-electron chi connectivity index (χ1n) is 8.12. The molecule has 7 heteroatoms. The Kier molecular flexibility index (Phi) is 6.62. The zero-order chi connectivity index (χ0) is 17.9. The van der Waals surface area contributed by atoms with E-state index in [0.717, 1.165) is 25.2 Å². The van der Waals surface area contributed by atoms with Crippen LogP contribution in [0.4, 0.5) is 13.2 Å². The van der Waals surface area contributed by atoms with Gasteiger partial charge in [-0.15, -0.1) is 0 Å². The summed E-state index contributed by atoms with van der Waals surface area (Å²) in [6.45, 7) is 6.60. The van der Waals surface area contributed by atoms with Gasteiger partial charge in [0.15, 0.2) is 17.5 Å². The molecule has 1 saturated heterocycles. The van der Waals surface area contributed by atoms with Crippen molar-refractivity contribution in [2.45, 2.75) is 38.7 Å². The standard InChI is InChI=1S/C17H25F3N2O2/c1-11-6-22(7-12(2)24-11)10-14(23)9-21(3)8-13-4-15(18)17(20)16(19)5-13/h4-5,11-12,14,23H,6-10H2,1-3H3. The van der Waals surface area contributed by atoms with Gasteiger partial charge in [-0.05, 0) is 38.6 Å². The Balaban J connectivity index is 1.84. The summed E-state index contributed by atoms with van der Waals surface area (Å²) in [5.41, 5.74) is 0.328. The van der Waals surface area contributed by atoms with Crippen molar-refractivity contribution >= 4 is 0 Å². The summed E-state index contributed by atoms with van der Waals surface area (Å²) >= 11 is 0. The molecule has 1 aliphatic rings. The lowest BCUT2D eigenvalue weighted by molar-refractivity contribution is -0.0777. The monoisotopic (exact) mass is 346 g/mol. The molecule has 0 spiro atoms. The van der Waals surface area contributed by atoms with Gasteiger partial charge in [-0.2, -0.15) is 0 Å². The Hall–Kier alpha value is -1.15. The number of ether oxygens (including phenoxy) is 1. The maximum atomic E-state index is 13.2. The van der Waals surface area contributed by atoms with E-state index < -0.39 is 23.6 Å². The van der Waals surface area contributed by atoms with Crippen LogP contribution in [-0.4, -0.2) is 66.4 Å². The fourth-order valence-electron chi connectivity index (χ4n) is 3.22. The highest BCUT2D eigenvalue weighted by atomic mass is 19.2. The number of rotatable bonds is 6. The van der Waals surface area contributed by atoms with Crippen LogP contribution in [0.15, 0.2) is 12.1 Å². The van der Waals surface area contributed by atoms with E-state index in [0.29, 0.717) is 18.7 Å². The second-order valence-electron chi connectivity index (χ2n) is 6.70. The van der Waals surface area contributed by atoms with E-state index in [1.54, 1.807) is 11.9 Å². The van der Waals surface area contributed by atoms with Crippen molar-refractivity contribution in [2.75, 3.05) is 33.2 Å². The van der Waals surface area contributed by atoms with Gasteiger partial charge in [-0.25, -0.2) is 13.2 Å². The third-order valence-electron chi connectivity index (χ3n) is 3.98. The number of likely N-dealkylation sites (N-methyl/N-ethyl adjacent to an activating group) is 1. The van der Waals surface area contributed by atoms with Gasteiger partial charge in [0.25, 0.3) is 0 Å². The zero-order valence-electron chi connectivity index (χ0n) is 14.3. The predicted molar refractivity (Wildman–Crippen MR) is 85.1 cm³/mol. The normalized spacial score (nSPS) is 23.7. The zero-order valence-corrected chi connectivity index (χ0v) is 14.3. The molecule has 1 fully saturated rings. The number of nitrogens with zero attached hydrogens (tertiary/aromatic N) is 2. The van der Waals surface area contributed by atoms with Gasteiger partial charge in [-0.1, -0.05) is 0 Å². The van der Waals surface area contributed by atoms with Crippen molar-refractivity contribution in [3.05, 3.63) is 35.1 Å². The lowest BCUT2D eigenvalue weighted by Gasteiger charge is -2.36. The number of β-amino-alcohol motifs (C(OH)–C–C–N with tert-alkyl or cyclic N) is 1. The minimum Gasteiger partial charge on any atom is -0.390 e. The van der Waals surface area contributed by atoms with Gasteiger partial charge in [-0.3, -0.25) is 9.80 Å². The van der Waals surface area contributed by atoms with Crippen molar-refractivity contribution < 1.29 is 23.0 Å². The highest BCUT2D eigenvalue weighted by Gasteiger charge is 2.24. The summed E-state index contributed by atoms with van der Waals surface area (Å²) in [7, 11) is 1.74. The van der Waals surface area contributed by atoms with Crippen LogP contribution >= 0.6 is 0 Å². The second kappa shape index (κ2) is 8.29. The molecule has 1 aromatic rings. The molecular weight excluding hydrogens is 321 g/mol. The summed E-state index contributed by atoms with van der Waals surface area (Å²) in [5, 5.41) is 10.2. The van der Waals surface area contributed by atoms with Crippen molar-refractivity contribution in [3.8, 4) is 0 Å². The molecule has 3 unspecified atom stereocenters. The van der Waals surface area contributed by atoms with Gasteiger partial charge < -0.3 is 9.84 Å². The van der Waals surface area contributed by atoms with Crippen molar-refractivity contribution in [1.82, 2.24) is 9.80 Å². The van der Waals surface area contributed by atoms with E-state index >= 15 is 0 Å². The Bertz CT molecular complexity index is 526. The molecule has 24 heavy (non-hydrogen) atoms. The molecule has 1 aromatic carbocycles. The Labute approximate surface area is 140 Å². The van der Waals surface area contributed by atoms with Crippen LogP contribution in [-0.2, 0) is 11.3 Å². The summed E-state index contributed by atoms with van der Waals surface area (Å²) in [4.78, 5) is 3.90. The van der Waals surface area contributed by atoms with Gasteiger partial charge in [0.1, 0.15) is 0 Å². The fourth-order valence-corrected chi connectivity index (χ4v) is 3.22. The van der Waals surface area contributed by atoms with Crippen LogP contribution in [0.25, 0.3) is 0 Å². The molecule has 2 rings (SSSR count). The minimum atomic E-state index is -1.46. The van der Waals surface area contributed by atoms with Crippen LogP contribution in [0.5, 0.6) is 0 Å². The Morgan fingerprint density at radius 3 is 2.29 bits per heavy atom. The van der Waals surface area contributed by atoms with E-state index in [2.05, 4.69) is 4.90 Å². The quantitative estimate of drug-likeness (QED) is 0.800. The van der Waals surface area contributed by atoms with Crippen LogP contribution in [0.3, 0.4) is 0 Å². The average Bonchev–Trinajstić information content (AvgIpc) is 2.42. The van der Waals surface area contributed by atoms with Gasteiger partial charge in [0, 0.05) is 32.7 Å². The maximum absolute atomic E-state index is 13.2. The number of aliphatic hydroxyl groups is 1. The van der Waals surface area contributed by atoms with Crippen LogP contribution in [0.2, 0.25) is 0 Å². The third kappa shape index (κ3) is 5.44. The first kappa shape index (κ1) is 19.2. The molecule has 3 atom stereocenters. The number of hydrogen-bond donors (Lipinski definition) is 1. The molecule has 0 radical (unpaired) electrons. The van der Waals surface area contributed by atoms with Crippen molar-refractivity contribution in [1.29, 1.82) is 0 Å². The van der Waals surface area contributed by atoms with Gasteiger partial charge >= 0.3 is 0 Å². The average molecular weight is 346 g/mol. The topological polar surface area (TPSA) is 35.9 Å². The molecule has 1 N–H and O–H groups in total. The molecule has 0 amide bonds. The summed E-state index contributed by atoms with van der Waals surface area (Å²) in [6, 6.07) is 1.96. The fraction of sp³-hybridized carbons (Fsp3) is 0.647. The number of aliphatic hydroxyl groups excluding tert-OH is 1. The van der Waals surface area contributed by atoms with Crippen molar-refractivity contribution in [2.24, 2.45) is 0 Å². The van der Waals surface area contributed by atoms with Crippen LogP contribution in [0.1, 0.15) is 19.4 Å². The van der Waals surface area contributed by atoms with Gasteiger partial charge in [0.2, 0.25) is 0 Å². The molecule has 0 aromatic heterocycles. The maximum Gasteiger partial charge on any atom is 0.194 e. The molecule has 1 heterocycles. The molecule has 0 bridgehead atoms. The highest BCUT2D eigenvalue weighted by molar-refractivity contribution is 5.19. The van der Waals surface area contributed by atoms with Gasteiger partial charge in [0.05, 0.1) is 18.3 Å². The predicted octanol–water partition coefficient (Wildman–Crippen LogP) is 2.01. The van der Waals surface area contributed by atoms with Crippen LogP contribution in [0, 0.1) is 17.5 Å². The summed E-state index contributed by atoms with van der Waals surface area (Å²) in [5.74, 6) is -3.86.